The van der Waals surface area contributed by atoms with Crippen molar-refractivity contribution in [1.29, 1.82) is 0 Å². The van der Waals surface area contributed by atoms with Gasteiger partial charge in [-0.25, -0.2) is 0 Å². The summed E-state index contributed by atoms with van der Waals surface area (Å²) in [5.41, 5.74) is 0. The number of nitrogens with zero attached hydrogens (tertiary/aromatic N) is 1. The maximum absolute atomic E-state index is 10.4. The van der Waals surface area contributed by atoms with Crippen molar-refractivity contribution >= 4 is 5.97 Å². The summed E-state index contributed by atoms with van der Waals surface area (Å²) in [6.45, 7) is 4.36. The van der Waals surface area contributed by atoms with E-state index in [1.165, 1.54) is 7.11 Å². The molecule has 0 aromatic heterocycles. The van der Waals surface area contributed by atoms with Gasteiger partial charge in [0, 0.05) is 0 Å². The van der Waals surface area contributed by atoms with Gasteiger partial charge in [-0.05, 0) is 14.1 Å². The highest BCUT2D eigenvalue weighted by Crippen LogP contribution is 1.75. The summed E-state index contributed by atoms with van der Waals surface area (Å²) in [6.07, 6.45) is 0. The lowest BCUT2D eigenvalue weighted by atomic mass is 10.6. The molecule has 0 spiro atoms. The monoisotopic (exact) mass is 147 g/mol. The molecule has 0 aromatic carbocycles. The van der Waals surface area contributed by atoms with Crippen molar-refractivity contribution in [1.82, 2.24) is 4.90 Å². The van der Waals surface area contributed by atoms with Crippen LogP contribution in [-0.2, 0) is 9.53 Å². The lowest BCUT2D eigenvalue weighted by Crippen LogP contribution is -2.22. The first kappa shape index (κ1) is 12.1. The molecule has 0 heterocycles. The molecule has 0 aliphatic heterocycles. The number of hydrogen-bond donors (Lipinski definition) is 0. The zero-order chi connectivity index (χ0) is 8.57. The Bertz CT molecular complexity index is 81.7. The van der Waals surface area contributed by atoms with E-state index in [1.807, 2.05) is 27.9 Å². The van der Waals surface area contributed by atoms with Crippen LogP contribution < -0.4 is 0 Å². The summed E-state index contributed by atoms with van der Waals surface area (Å²) in [7, 11) is 5.01. The van der Waals surface area contributed by atoms with Gasteiger partial charge in [0.15, 0.2) is 0 Å². The van der Waals surface area contributed by atoms with Crippen LogP contribution in [0.2, 0.25) is 0 Å². The topological polar surface area (TPSA) is 29.5 Å². The minimum atomic E-state index is -0.199. The van der Waals surface area contributed by atoms with E-state index in [2.05, 4.69) is 4.74 Å². The molecular weight excluding hydrogens is 130 g/mol. The molecule has 0 N–H and O–H groups in total. The molecule has 0 aliphatic rings. The van der Waals surface area contributed by atoms with Crippen LogP contribution in [0.15, 0.2) is 0 Å². The van der Waals surface area contributed by atoms with Gasteiger partial charge in [0.1, 0.15) is 0 Å². The lowest BCUT2D eigenvalue weighted by molar-refractivity contribution is -0.141. The molecule has 0 fully saturated rings. The van der Waals surface area contributed by atoms with Crippen LogP contribution in [0.1, 0.15) is 13.8 Å². The van der Waals surface area contributed by atoms with E-state index in [1.54, 1.807) is 4.90 Å². The van der Waals surface area contributed by atoms with Gasteiger partial charge in [-0.1, -0.05) is 13.8 Å². The maximum atomic E-state index is 10.4. The summed E-state index contributed by atoms with van der Waals surface area (Å²) in [4.78, 5) is 12.1. The molecule has 0 saturated heterocycles. The molecule has 0 unspecified atom stereocenters. The summed E-state index contributed by atoms with van der Waals surface area (Å²) < 4.78 is 4.38. The molecule has 0 radical (unpaired) electrons. The Morgan fingerprint density at radius 1 is 1.40 bits per heavy atom. The Morgan fingerprint density at radius 2 is 1.80 bits per heavy atom. The highest BCUT2D eigenvalue weighted by Gasteiger charge is 1.98. The fraction of sp³-hybridized carbons (Fsp3) is 0.857. The van der Waals surface area contributed by atoms with Crippen LogP contribution in [0.25, 0.3) is 0 Å². The maximum Gasteiger partial charge on any atom is 0.319 e. The number of ether oxygens (including phenoxy) is 1. The fourth-order valence-corrected chi connectivity index (χ4v) is 0.323. The first-order valence-corrected chi connectivity index (χ1v) is 3.38. The Labute approximate surface area is 63.0 Å². The third-order valence-corrected chi connectivity index (χ3v) is 0.673. The molecule has 10 heavy (non-hydrogen) atoms. The molecule has 0 amide bonds. The number of carbonyl (C=O) groups is 1. The molecule has 0 bridgehead atoms. The van der Waals surface area contributed by atoms with Crippen LogP contribution in [0.5, 0.6) is 0 Å². The largest absolute Gasteiger partial charge is 0.468 e. The number of hydrogen-bond acceptors (Lipinski definition) is 3. The van der Waals surface area contributed by atoms with Gasteiger partial charge >= 0.3 is 5.97 Å². The molecule has 0 aliphatic carbocycles. The molecule has 62 valence electrons. The number of carbonyl (C=O) groups excluding carboxylic acids is 1. The molecule has 0 saturated carbocycles. The van der Waals surface area contributed by atoms with E-state index in [-0.39, 0.29) is 5.97 Å². The van der Waals surface area contributed by atoms with Gasteiger partial charge in [-0.15, -0.1) is 0 Å². The van der Waals surface area contributed by atoms with Crippen molar-refractivity contribution in [2.75, 3.05) is 27.7 Å². The summed E-state index contributed by atoms with van der Waals surface area (Å²) in [6, 6.07) is 0. The molecule has 0 rings (SSSR count). The molecule has 0 aromatic rings. The van der Waals surface area contributed by atoms with E-state index < -0.39 is 0 Å². The zero-order valence-electron chi connectivity index (χ0n) is 7.47. The van der Waals surface area contributed by atoms with Crippen LogP contribution >= 0.6 is 0 Å². The van der Waals surface area contributed by atoms with Crippen LogP contribution in [-0.4, -0.2) is 38.6 Å². The predicted octanol–water partition coefficient (Wildman–Crippen LogP) is 0.747. The Morgan fingerprint density at radius 3 is 1.90 bits per heavy atom. The third kappa shape index (κ3) is 10.4. The van der Waals surface area contributed by atoms with Gasteiger partial charge in [-0.2, -0.15) is 0 Å². The zero-order valence-corrected chi connectivity index (χ0v) is 7.47. The summed E-state index contributed by atoms with van der Waals surface area (Å²) >= 11 is 0. The van der Waals surface area contributed by atoms with E-state index in [0.717, 1.165) is 0 Å². The van der Waals surface area contributed by atoms with E-state index in [9.17, 15) is 4.79 Å². The van der Waals surface area contributed by atoms with Crippen LogP contribution in [0.3, 0.4) is 0 Å². The van der Waals surface area contributed by atoms with Crippen molar-refractivity contribution in [3.05, 3.63) is 0 Å². The van der Waals surface area contributed by atoms with Gasteiger partial charge < -0.3 is 4.74 Å². The predicted molar refractivity (Wildman–Crippen MR) is 41.9 cm³/mol. The molecule has 0 atom stereocenters. The first-order chi connectivity index (χ1) is 4.66. The normalized spacial score (nSPS) is 8.20. The van der Waals surface area contributed by atoms with Crippen molar-refractivity contribution < 1.29 is 9.53 Å². The van der Waals surface area contributed by atoms with E-state index in [4.69, 9.17) is 0 Å². The Hall–Kier alpha value is -0.570. The van der Waals surface area contributed by atoms with Crippen molar-refractivity contribution in [2.45, 2.75) is 13.8 Å². The van der Waals surface area contributed by atoms with Crippen LogP contribution in [0, 0.1) is 0 Å². The first-order valence-electron chi connectivity index (χ1n) is 3.38. The Kier molecular flexibility index (Phi) is 10.2. The van der Waals surface area contributed by atoms with Gasteiger partial charge in [0.25, 0.3) is 0 Å². The smallest absolute Gasteiger partial charge is 0.319 e. The molecule has 3 nitrogen and oxygen atoms in total. The number of methoxy groups -OCH3 is 1. The summed E-state index contributed by atoms with van der Waals surface area (Å²) in [5, 5.41) is 0. The van der Waals surface area contributed by atoms with Gasteiger partial charge in [0.2, 0.25) is 0 Å². The molecular formula is C7H17NO2. The fourth-order valence-electron chi connectivity index (χ4n) is 0.323. The van der Waals surface area contributed by atoms with E-state index >= 15 is 0 Å². The van der Waals surface area contributed by atoms with Crippen molar-refractivity contribution in [3.63, 3.8) is 0 Å². The highest BCUT2D eigenvalue weighted by molar-refractivity contribution is 5.71. The third-order valence-electron chi connectivity index (χ3n) is 0.673. The average Bonchev–Trinajstić information content (AvgIpc) is 1.91. The number of likely N-dealkylation sites (N-methyl/N-ethyl adjacent to an activating group) is 1. The van der Waals surface area contributed by atoms with Crippen LogP contribution in [0.4, 0.5) is 0 Å². The Balaban J connectivity index is 0. The quantitative estimate of drug-likeness (QED) is 0.540. The van der Waals surface area contributed by atoms with Crippen molar-refractivity contribution in [3.8, 4) is 0 Å². The average molecular weight is 147 g/mol. The standard InChI is InChI=1S/C5H11NO2.C2H6/c1-6(2)4-5(7)8-3;1-2/h4H2,1-3H3;1-2H3. The number of esters is 1. The highest BCUT2D eigenvalue weighted by atomic mass is 16.5. The SMILES string of the molecule is CC.COC(=O)CN(C)C. The second kappa shape index (κ2) is 8.43. The minimum absolute atomic E-state index is 0.199. The van der Waals surface area contributed by atoms with Crippen molar-refractivity contribution in [2.24, 2.45) is 0 Å². The van der Waals surface area contributed by atoms with Gasteiger partial charge in [-0.3, -0.25) is 9.69 Å². The van der Waals surface area contributed by atoms with E-state index in [0.29, 0.717) is 6.54 Å². The summed E-state index contributed by atoms with van der Waals surface area (Å²) in [5.74, 6) is -0.199. The second-order valence-electron chi connectivity index (χ2n) is 1.81. The van der Waals surface area contributed by atoms with Gasteiger partial charge in [0.05, 0.1) is 13.7 Å². The second-order valence-corrected chi connectivity index (χ2v) is 1.81. The lowest BCUT2D eigenvalue weighted by Gasteiger charge is -2.05. The number of rotatable bonds is 2. The minimum Gasteiger partial charge on any atom is -0.468 e. The molecule has 3 heteroatoms.